The molecule has 0 heterocycles. The second-order valence-electron chi connectivity index (χ2n) is 5.53. The molecular weight excluding hydrogens is 336 g/mol. The van der Waals surface area contributed by atoms with Crippen molar-refractivity contribution in [2.75, 3.05) is 27.3 Å². The predicted molar refractivity (Wildman–Crippen MR) is 103 cm³/mol. The number of hydrogen-bond acceptors (Lipinski definition) is 6. The van der Waals surface area contributed by atoms with Crippen molar-refractivity contribution in [2.24, 2.45) is 9.98 Å². The van der Waals surface area contributed by atoms with Crippen LogP contribution in [0.1, 0.15) is 38.5 Å². The number of rotatable bonds is 13. The normalized spacial score (nSPS) is 10.7. The van der Waals surface area contributed by atoms with E-state index in [1.807, 2.05) is 0 Å². The molecule has 0 aromatic carbocycles. The van der Waals surface area contributed by atoms with Gasteiger partial charge in [0, 0.05) is 38.9 Å². The number of ether oxygens (including phenoxy) is 2. The van der Waals surface area contributed by atoms with Crippen LogP contribution in [0.4, 0.5) is 9.59 Å². The summed E-state index contributed by atoms with van der Waals surface area (Å²) in [5.41, 5.74) is 0. The van der Waals surface area contributed by atoms with Gasteiger partial charge in [-0.05, 0) is 26.3 Å². The maximum absolute atomic E-state index is 11.6. The lowest BCUT2D eigenvalue weighted by Crippen LogP contribution is -2.22. The Bertz CT molecular complexity index is 448. The van der Waals surface area contributed by atoms with Crippen molar-refractivity contribution in [3.05, 3.63) is 24.8 Å². The van der Waals surface area contributed by atoms with Crippen LogP contribution in [0.15, 0.2) is 34.8 Å². The largest absolute Gasteiger partial charge is 0.449 e. The Morgan fingerprint density at radius 2 is 1.12 bits per heavy atom. The zero-order valence-corrected chi connectivity index (χ0v) is 15.8. The van der Waals surface area contributed by atoms with Gasteiger partial charge in [-0.25, -0.2) is 9.59 Å². The minimum Gasteiger partial charge on any atom is -0.449 e. The molecule has 0 radical (unpaired) electrons. The minimum atomic E-state index is -0.407. The van der Waals surface area contributed by atoms with Gasteiger partial charge in [0.2, 0.25) is 0 Å². The van der Waals surface area contributed by atoms with Crippen LogP contribution < -0.4 is 0 Å². The van der Waals surface area contributed by atoms with Gasteiger partial charge < -0.3 is 9.47 Å². The van der Waals surface area contributed by atoms with E-state index in [0.29, 0.717) is 13.2 Å². The van der Waals surface area contributed by atoms with Crippen LogP contribution in [-0.4, -0.2) is 62.7 Å². The smallest absolute Gasteiger partial charge is 0.413 e. The van der Waals surface area contributed by atoms with Crippen LogP contribution in [-0.2, 0) is 9.47 Å². The van der Waals surface area contributed by atoms with Crippen molar-refractivity contribution in [1.82, 2.24) is 9.80 Å². The van der Waals surface area contributed by atoms with Gasteiger partial charge in [0.15, 0.2) is 0 Å². The summed E-state index contributed by atoms with van der Waals surface area (Å²) in [6.45, 7) is 7.38. The second-order valence-corrected chi connectivity index (χ2v) is 5.53. The van der Waals surface area contributed by atoms with E-state index in [1.165, 1.54) is 34.6 Å². The van der Waals surface area contributed by atoms with Crippen molar-refractivity contribution in [1.29, 1.82) is 0 Å². The van der Waals surface area contributed by atoms with Crippen LogP contribution >= 0.6 is 0 Å². The molecule has 0 atom stereocenters. The lowest BCUT2D eigenvalue weighted by Gasteiger charge is -2.12. The fourth-order valence-electron chi connectivity index (χ4n) is 1.85. The first kappa shape index (κ1) is 23.4. The summed E-state index contributed by atoms with van der Waals surface area (Å²) >= 11 is 0. The highest BCUT2D eigenvalue weighted by Gasteiger charge is 2.07. The first-order valence-electron chi connectivity index (χ1n) is 8.57. The van der Waals surface area contributed by atoms with Crippen LogP contribution in [0, 0.1) is 0 Å². The summed E-state index contributed by atoms with van der Waals surface area (Å²) in [5, 5.41) is 0. The number of hydrogen-bond donors (Lipinski definition) is 0. The third-order valence-corrected chi connectivity index (χ3v) is 3.36. The molecule has 0 saturated carbocycles. The monoisotopic (exact) mass is 366 g/mol. The molecule has 0 aliphatic heterocycles. The topological polar surface area (TPSA) is 83.8 Å². The van der Waals surface area contributed by atoms with E-state index < -0.39 is 12.2 Å². The Labute approximate surface area is 155 Å². The van der Waals surface area contributed by atoms with Crippen LogP contribution in [0.2, 0.25) is 0 Å². The van der Waals surface area contributed by atoms with Crippen LogP contribution in [0.5, 0.6) is 0 Å². The summed E-state index contributed by atoms with van der Waals surface area (Å²) < 4.78 is 10.2. The van der Waals surface area contributed by atoms with E-state index in [4.69, 9.17) is 9.47 Å². The van der Waals surface area contributed by atoms with E-state index in [-0.39, 0.29) is 0 Å². The zero-order valence-electron chi connectivity index (χ0n) is 15.8. The summed E-state index contributed by atoms with van der Waals surface area (Å²) in [6, 6.07) is 0. The molecule has 0 aromatic heterocycles. The van der Waals surface area contributed by atoms with Crippen molar-refractivity contribution < 1.29 is 19.1 Å². The molecule has 0 spiro atoms. The lowest BCUT2D eigenvalue weighted by atomic mass is 10.1. The van der Waals surface area contributed by atoms with Crippen LogP contribution in [0.3, 0.4) is 0 Å². The highest BCUT2D eigenvalue weighted by Crippen LogP contribution is 2.06. The average Bonchev–Trinajstić information content (AvgIpc) is 2.64. The molecule has 0 rings (SSSR count). The first-order chi connectivity index (χ1) is 12.5. The molecular formula is C18H30N4O4. The quantitative estimate of drug-likeness (QED) is 0.366. The van der Waals surface area contributed by atoms with Gasteiger partial charge in [0.05, 0.1) is 13.2 Å². The Morgan fingerprint density at radius 3 is 1.46 bits per heavy atom. The molecule has 0 aliphatic rings. The molecule has 0 fully saturated rings. The number of aliphatic imine (C=N–C) groups is 2. The van der Waals surface area contributed by atoms with Gasteiger partial charge >= 0.3 is 12.2 Å². The molecule has 0 unspecified atom stereocenters. The number of carbonyl (C=O) groups is 2. The summed E-state index contributed by atoms with van der Waals surface area (Å²) in [6.07, 6.45) is 10.7. The summed E-state index contributed by atoms with van der Waals surface area (Å²) in [5.74, 6) is 0. The molecule has 0 bridgehead atoms. The molecule has 146 valence electrons. The second kappa shape index (κ2) is 15.9. The van der Waals surface area contributed by atoms with Gasteiger partial charge in [0.1, 0.15) is 0 Å². The Morgan fingerprint density at radius 1 is 0.769 bits per heavy atom. The van der Waals surface area contributed by atoms with Gasteiger partial charge in [-0.2, -0.15) is 0 Å². The molecule has 2 amide bonds. The van der Waals surface area contributed by atoms with Gasteiger partial charge in [0.25, 0.3) is 0 Å². The number of carbonyl (C=O) groups excluding carboxylic acids is 2. The maximum Gasteiger partial charge on any atom is 0.413 e. The Balaban J connectivity index is 3.51. The van der Waals surface area contributed by atoms with Crippen molar-refractivity contribution >= 4 is 25.6 Å². The average molecular weight is 366 g/mol. The minimum absolute atomic E-state index is 0.398. The molecule has 0 aromatic rings. The molecule has 0 saturated heterocycles. The lowest BCUT2D eigenvalue weighted by molar-refractivity contribution is 0.119. The Kier molecular flexibility index (Phi) is 14.3. The molecule has 0 aliphatic carbocycles. The van der Waals surface area contributed by atoms with E-state index in [9.17, 15) is 9.59 Å². The number of amides is 2. The number of unbranched alkanes of at least 4 members (excludes halogenated alkanes) is 5. The maximum atomic E-state index is 11.6. The summed E-state index contributed by atoms with van der Waals surface area (Å²) in [7, 11) is 3.20. The standard InChI is InChI=1S/C18H30N4O4/c1-19-11-13-21(3)17(23)25-15-9-7-5-6-8-10-16-26-18(24)22(4)14-12-20-2/h11-14H,1-2,5-10,15-16H2,3-4H3/b13-11-,14-12-. The molecule has 8 nitrogen and oxygen atoms in total. The molecule has 8 heteroatoms. The third-order valence-electron chi connectivity index (χ3n) is 3.36. The molecule has 26 heavy (non-hydrogen) atoms. The van der Waals surface area contributed by atoms with Crippen molar-refractivity contribution in [3.63, 3.8) is 0 Å². The van der Waals surface area contributed by atoms with Gasteiger partial charge in [-0.1, -0.05) is 25.7 Å². The fourth-order valence-corrected chi connectivity index (χ4v) is 1.85. The SMILES string of the molecule is C=N/C=C\N(C)C(=O)OCCCCCCCCOC(=O)N(C)/C=C\N=C. The highest BCUT2D eigenvalue weighted by molar-refractivity contribution is 5.68. The third kappa shape index (κ3) is 12.7. The van der Waals surface area contributed by atoms with E-state index >= 15 is 0 Å². The van der Waals surface area contributed by atoms with E-state index in [2.05, 4.69) is 23.4 Å². The van der Waals surface area contributed by atoms with Gasteiger partial charge in [-0.3, -0.25) is 19.8 Å². The summed E-state index contributed by atoms with van der Waals surface area (Å²) in [4.78, 5) is 32.8. The van der Waals surface area contributed by atoms with E-state index in [1.54, 1.807) is 14.1 Å². The zero-order chi connectivity index (χ0) is 19.6. The van der Waals surface area contributed by atoms with Crippen molar-refractivity contribution in [3.8, 4) is 0 Å². The van der Waals surface area contributed by atoms with E-state index in [0.717, 1.165) is 38.5 Å². The fraction of sp³-hybridized carbons (Fsp3) is 0.556. The van der Waals surface area contributed by atoms with Crippen LogP contribution in [0.25, 0.3) is 0 Å². The highest BCUT2D eigenvalue weighted by atomic mass is 16.6. The van der Waals surface area contributed by atoms with Crippen molar-refractivity contribution in [2.45, 2.75) is 38.5 Å². The van der Waals surface area contributed by atoms with Gasteiger partial charge in [-0.15, -0.1) is 0 Å². The molecule has 0 N–H and O–H groups in total. The first-order valence-corrected chi connectivity index (χ1v) is 8.57. The Hall–Kier alpha value is -2.64. The number of nitrogens with zero attached hydrogens (tertiary/aromatic N) is 4. The predicted octanol–water partition coefficient (Wildman–Crippen LogP) is 3.81.